The summed E-state index contributed by atoms with van der Waals surface area (Å²) >= 11 is 0. The number of nitrogens with zero attached hydrogens (tertiary/aromatic N) is 1. The highest BCUT2D eigenvalue weighted by molar-refractivity contribution is 5.52. The summed E-state index contributed by atoms with van der Waals surface area (Å²) in [6.07, 6.45) is 1.63. The van der Waals surface area contributed by atoms with Crippen molar-refractivity contribution < 1.29 is 5.11 Å². The fraction of sp³-hybridized carbons (Fsp3) is 0.385. The second-order valence-electron chi connectivity index (χ2n) is 3.65. The van der Waals surface area contributed by atoms with Gasteiger partial charge in [0.15, 0.2) is 0 Å². The van der Waals surface area contributed by atoms with Gasteiger partial charge in [0.2, 0.25) is 0 Å². The molecule has 0 saturated heterocycles. The molecule has 1 aromatic carbocycles. The monoisotopic (exact) mass is 220 g/mol. The van der Waals surface area contributed by atoms with Gasteiger partial charge in [0.25, 0.3) is 0 Å². The topological polar surface area (TPSA) is 35.5 Å². The molecule has 0 bridgehead atoms. The first-order chi connectivity index (χ1) is 7.71. The van der Waals surface area contributed by atoms with Crippen LogP contribution in [0.3, 0.4) is 0 Å². The summed E-state index contributed by atoms with van der Waals surface area (Å²) in [5, 5.41) is 12.8. The van der Waals surface area contributed by atoms with Gasteiger partial charge < -0.3 is 10.4 Å². The zero-order valence-corrected chi connectivity index (χ0v) is 10.0. The van der Waals surface area contributed by atoms with E-state index >= 15 is 0 Å². The molecule has 0 atom stereocenters. The van der Waals surface area contributed by atoms with E-state index in [0.717, 1.165) is 30.9 Å². The Morgan fingerprint density at radius 3 is 2.62 bits per heavy atom. The molecule has 0 radical (unpaired) electrons. The fourth-order valence-corrected chi connectivity index (χ4v) is 1.61. The maximum absolute atomic E-state index is 9.76. The number of nitrogens with one attached hydrogen (secondary N) is 1. The van der Waals surface area contributed by atoms with Gasteiger partial charge in [-0.25, -0.2) is 0 Å². The molecule has 16 heavy (non-hydrogen) atoms. The minimum absolute atomic E-state index is 0.349. The molecule has 0 amide bonds. The highest BCUT2D eigenvalue weighted by atomic mass is 16.3. The quantitative estimate of drug-likeness (QED) is 0.724. The largest absolute Gasteiger partial charge is 0.508 e. The normalized spacial score (nSPS) is 10.4. The Morgan fingerprint density at radius 2 is 2.06 bits per heavy atom. The Kier molecular flexibility index (Phi) is 4.86. The molecule has 0 unspecified atom stereocenters. The summed E-state index contributed by atoms with van der Waals surface area (Å²) in [6.45, 7) is 10.6. The van der Waals surface area contributed by atoms with Gasteiger partial charge in [0.05, 0.1) is 0 Å². The second kappa shape index (κ2) is 6.18. The van der Waals surface area contributed by atoms with Crippen LogP contribution in [-0.2, 0) is 6.54 Å². The van der Waals surface area contributed by atoms with E-state index in [4.69, 9.17) is 0 Å². The number of aromatic hydroxyl groups is 1. The number of phenolic OH excluding ortho intramolecular Hbond substituents is 1. The Morgan fingerprint density at radius 1 is 1.38 bits per heavy atom. The van der Waals surface area contributed by atoms with E-state index in [2.05, 4.69) is 30.6 Å². The van der Waals surface area contributed by atoms with Gasteiger partial charge in [-0.05, 0) is 37.5 Å². The molecule has 0 aliphatic rings. The van der Waals surface area contributed by atoms with Gasteiger partial charge in [0, 0.05) is 17.8 Å². The molecule has 88 valence electrons. The number of hydrogen-bond acceptors (Lipinski definition) is 3. The van der Waals surface area contributed by atoms with Crippen molar-refractivity contribution in [1.29, 1.82) is 0 Å². The molecule has 0 saturated carbocycles. The molecule has 2 N–H and O–H groups in total. The molecular weight excluding hydrogens is 200 g/mol. The lowest BCUT2D eigenvalue weighted by atomic mass is 10.1. The van der Waals surface area contributed by atoms with Crippen molar-refractivity contribution in [2.45, 2.75) is 20.4 Å². The highest BCUT2D eigenvalue weighted by Gasteiger charge is 2.06. The van der Waals surface area contributed by atoms with E-state index in [1.54, 1.807) is 12.3 Å². The summed E-state index contributed by atoms with van der Waals surface area (Å²) < 4.78 is 0. The van der Waals surface area contributed by atoms with Crippen molar-refractivity contribution in [3.8, 4) is 5.75 Å². The van der Waals surface area contributed by atoms with Gasteiger partial charge in [-0.1, -0.05) is 20.4 Å². The molecule has 0 heterocycles. The Bertz CT molecular complexity index is 346. The van der Waals surface area contributed by atoms with Crippen LogP contribution >= 0.6 is 0 Å². The van der Waals surface area contributed by atoms with E-state index in [0.29, 0.717) is 5.75 Å². The van der Waals surface area contributed by atoms with Crippen LogP contribution in [0.4, 0.5) is 5.69 Å². The number of phenols is 1. The maximum Gasteiger partial charge on any atom is 0.120 e. The van der Waals surface area contributed by atoms with Gasteiger partial charge in [-0.15, -0.1) is 0 Å². The molecule has 0 aliphatic heterocycles. The van der Waals surface area contributed by atoms with Crippen molar-refractivity contribution in [2.24, 2.45) is 0 Å². The minimum atomic E-state index is 0.349. The number of rotatable bonds is 6. The van der Waals surface area contributed by atoms with E-state index < -0.39 is 0 Å². The first kappa shape index (κ1) is 12.6. The Labute approximate surface area is 97.4 Å². The summed E-state index contributed by atoms with van der Waals surface area (Å²) in [6, 6.07) is 5.50. The van der Waals surface area contributed by atoms with Crippen molar-refractivity contribution in [1.82, 2.24) is 4.90 Å². The average molecular weight is 220 g/mol. The smallest absolute Gasteiger partial charge is 0.120 e. The molecule has 0 fully saturated rings. The molecule has 0 aliphatic carbocycles. The summed E-state index contributed by atoms with van der Waals surface area (Å²) in [4.78, 5) is 2.26. The first-order valence-electron chi connectivity index (χ1n) is 5.63. The van der Waals surface area contributed by atoms with E-state index in [1.807, 2.05) is 12.1 Å². The van der Waals surface area contributed by atoms with Gasteiger partial charge in [-0.2, -0.15) is 0 Å². The van der Waals surface area contributed by atoms with E-state index in [9.17, 15) is 5.11 Å². The third-order valence-electron chi connectivity index (χ3n) is 2.64. The predicted molar refractivity (Wildman–Crippen MR) is 68.6 cm³/mol. The van der Waals surface area contributed by atoms with Crippen LogP contribution in [0.1, 0.15) is 19.4 Å². The van der Waals surface area contributed by atoms with Gasteiger partial charge in [-0.3, -0.25) is 4.90 Å². The molecule has 1 aromatic rings. The van der Waals surface area contributed by atoms with E-state index in [1.165, 1.54) is 0 Å². The summed E-state index contributed by atoms with van der Waals surface area (Å²) in [5.41, 5.74) is 1.89. The molecule has 0 aromatic heterocycles. The van der Waals surface area contributed by atoms with Gasteiger partial charge >= 0.3 is 0 Å². The SMILES string of the molecule is C=CNc1ccc(O)c(CN(CC)CC)c1. The lowest BCUT2D eigenvalue weighted by Crippen LogP contribution is -2.22. The highest BCUT2D eigenvalue weighted by Crippen LogP contribution is 2.22. The molecule has 3 nitrogen and oxygen atoms in total. The predicted octanol–water partition coefficient (Wildman–Crippen LogP) is 2.79. The Hall–Kier alpha value is -1.48. The van der Waals surface area contributed by atoms with Crippen molar-refractivity contribution >= 4 is 5.69 Å². The number of benzene rings is 1. The third-order valence-corrected chi connectivity index (χ3v) is 2.64. The van der Waals surface area contributed by atoms with Crippen LogP contribution in [-0.4, -0.2) is 23.1 Å². The van der Waals surface area contributed by atoms with Crippen molar-refractivity contribution in [3.05, 3.63) is 36.5 Å². The van der Waals surface area contributed by atoms with E-state index in [-0.39, 0.29) is 0 Å². The molecule has 3 heteroatoms. The fourth-order valence-electron chi connectivity index (χ4n) is 1.61. The molecular formula is C13H20N2O. The minimum Gasteiger partial charge on any atom is -0.508 e. The van der Waals surface area contributed by atoms with Crippen LogP contribution in [0.25, 0.3) is 0 Å². The summed E-state index contributed by atoms with van der Waals surface area (Å²) in [5.74, 6) is 0.349. The number of anilines is 1. The van der Waals surface area contributed by atoms with Crippen LogP contribution in [0.15, 0.2) is 31.0 Å². The summed E-state index contributed by atoms with van der Waals surface area (Å²) in [7, 11) is 0. The maximum atomic E-state index is 9.76. The first-order valence-corrected chi connectivity index (χ1v) is 5.63. The lowest BCUT2D eigenvalue weighted by Gasteiger charge is -2.19. The zero-order valence-electron chi connectivity index (χ0n) is 10.0. The Balaban J connectivity index is 2.84. The van der Waals surface area contributed by atoms with Crippen molar-refractivity contribution in [2.75, 3.05) is 18.4 Å². The van der Waals surface area contributed by atoms with Crippen LogP contribution in [0.5, 0.6) is 5.75 Å². The van der Waals surface area contributed by atoms with Crippen molar-refractivity contribution in [3.63, 3.8) is 0 Å². The lowest BCUT2D eigenvalue weighted by molar-refractivity contribution is 0.291. The zero-order chi connectivity index (χ0) is 12.0. The van der Waals surface area contributed by atoms with Crippen LogP contribution in [0, 0.1) is 0 Å². The molecule has 0 spiro atoms. The van der Waals surface area contributed by atoms with Gasteiger partial charge in [0.1, 0.15) is 5.75 Å². The van der Waals surface area contributed by atoms with Crippen LogP contribution < -0.4 is 5.32 Å². The average Bonchev–Trinajstić information content (AvgIpc) is 2.30. The standard InChI is InChI=1S/C13H20N2O/c1-4-14-12-7-8-13(16)11(9-12)10-15(5-2)6-3/h4,7-9,14,16H,1,5-6,10H2,2-3H3. The number of hydrogen-bond donors (Lipinski definition) is 2. The molecule has 1 rings (SSSR count). The van der Waals surface area contributed by atoms with Crippen LogP contribution in [0.2, 0.25) is 0 Å². The third kappa shape index (κ3) is 3.28. The second-order valence-corrected chi connectivity index (χ2v) is 3.65.